The Morgan fingerprint density at radius 3 is 2.22 bits per heavy atom. The molecule has 0 N–H and O–H groups in total. The summed E-state index contributed by atoms with van der Waals surface area (Å²) in [6.45, 7) is 9.29. The molecule has 0 radical (unpaired) electrons. The van der Waals surface area contributed by atoms with Gasteiger partial charge in [0.05, 0.1) is 10.5 Å². The first-order valence-electron chi connectivity index (χ1n) is 7.18. The van der Waals surface area contributed by atoms with Gasteiger partial charge in [0.2, 0.25) is 0 Å². The molecule has 0 aromatic heterocycles. The molecular weight excluding hydrogens is 306 g/mol. The predicted octanol–water partition coefficient (Wildman–Crippen LogP) is 4.54. The number of hydrogen-bond acceptors (Lipinski definition) is 2. The van der Waals surface area contributed by atoms with Crippen molar-refractivity contribution in [3.63, 3.8) is 0 Å². The Morgan fingerprint density at radius 2 is 1.57 bits per heavy atom. The highest BCUT2D eigenvalue weighted by atomic mass is 32.2. The van der Waals surface area contributed by atoms with Crippen LogP contribution in [0.25, 0.3) is 15.6 Å². The minimum absolute atomic E-state index is 0.178. The maximum absolute atomic E-state index is 12.8. The van der Waals surface area contributed by atoms with Crippen LogP contribution in [0.4, 0.5) is 0 Å². The normalized spacial score (nSPS) is 12.7. The fraction of sp³-hybridized carbons (Fsp3) is 0.105. The van der Waals surface area contributed by atoms with Crippen LogP contribution in [0.2, 0.25) is 0 Å². The Balaban J connectivity index is 2.10. The molecule has 0 heterocycles. The molecule has 0 spiro atoms. The summed E-state index contributed by atoms with van der Waals surface area (Å²) in [6.07, 6.45) is 0. The molecule has 0 aliphatic heterocycles. The monoisotopic (exact) mass is 321 g/mol. The molecule has 0 aliphatic carbocycles. The van der Waals surface area contributed by atoms with Gasteiger partial charge in [0.25, 0.3) is 9.84 Å². The zero-order chi connectivity index (χ0) is 16.4. The van der Waals surface area contributed by atoms with Crippen molar-refractivity contribution in [1.82, 2.24) is 0 Å². The molecule has 0 amide bonds. The van der Waals surface area contributed by atoms with Crippen molar-refractivity contribution in [3.05, 3.63) is 89.3 Å². The molecule has 0 saturated carbocycles. The van der Waals surface area contributed by atoms with Gasteiger partial charge >= 0.3 is 5.37 Å². The van der Waals surface area contributed by atoms with Crippen molar-refractivity contribution >= 4 is 20.6 Å². The van der Waals surface area contributed by atoms with Gasteiger partial charge in [0.1, 0.15) is 0 Å². The van der Waals surface area contributed by atoms with Crippen LogP contribution in [0.3, 0.4) is 0 Å². The average molecular weight is 321 g/mol. The van der Waals surface area contributed by atoms with E-state index in [0.29, 0.717) is 5.56 Å². The number of aryl methyl sites for hydroxylation is 1. The maximum atomic E-state index is 12.8. The molecule has 3 aromatic carbocycles. The van der Waals surface area contributed by atoms with E-state index in [1.165, 1.54) is 0 Å². The van der Waals surface area contributed by atoms with E-state index in [1.807, 2.05) is 37.3 Å². The van der Waals surface area contributed by atoms with E-state index in [1.54, 1.807) is 36.4 Å². The van der Waals surface area contributed by atoms with E-state index in [4.69, 9.17) is 6.57 Å². The first-order chi connectivity index (χ1) is 11.0. The van der Waals surface area contributed by atoms with E-state index in [9.17, 15) is 8.42 Å². The van der Waals surface area contributed by atoms with E-state index in [0.717, 1.165) is 16.3 Å². The molecule has 3 rings (SSSR count). The summed E-state index contributed by atoms with van der Waals surface area (Å²) in [7, 11) is -3.74. The van der Waals surface area contributed by atoms with Crippen molar-refractivity contribution in [3.8, 4) is 0 Å². The lowest BCUT2D eigenvalue weighted by Crippen LogP contribution is -2.10. The van der Waals surface area contributed by atoms with Gasteiger partial charge in [0.15, 0.2) is 0 Å². The third-order valence-electron chi connectivity index (χ3n) is 3.82. The molecule has 0 saturated heterocycles. The zero-order valence-electron chi connectivity index (χ0n) is 12.6. The zero-order valence-corrected chi connectivity index (χ0v) is 13.4. The third kappa shape index (κ3) is 2.84. The van der Waals surface area contributed by atoms with Crippen molar-refractivity contribution < 1.29 is 8.42 Å². The highest BCUT2D eigenvalue weighted by Crippen LogP contribution is 2.32. The second-order valence-corrected chi connectivity index (χ2v) is 7.45. The molecule has 1 atom stereocenters. The highest BCUT2D eigenvalue weighted by Gasteiger charge is 2.34. The number of hydrogen-bond donors (Lipinski definition) is 0. The molecule has 0 aliphatic rings. The van der Waals surface area contributed by atoms with Gasteiger partial charge in [-0.15, -0.1) is 0 Å². The van der Waals surface area contributed by atoms with E-state index >= 15 is 0 Å². The molecule has 23 heavy (non-hydrogen) atoms. The highest BCUT2D eigenvalue weighted by molar-refractivity contribution is 7.91. The lowest BCUT2D eigenvalue weighted by molar-refractivity contribution is 0.590. The van der Waals surface area contributed by atoms with Crippen LogP contribution in [0.1, 0.15) is 16.5 Å². The molecule has 114 valence electrons. The van der Waals surface area contributed by atoms with Crippen molar-refractivity contribution in [2.75, 3.05) is 0 Å². The minimum atomic E-state index is -3.74. The number of nitrogens with zero attached hydrogens (tertiary/aromatic N) is 1. The topological polar surface area (TPSA) is 38.5 Å². The second kappa shape index (κ2) is 5.86. The fourth-order valence-electron chi connectivity index (χ4n) is 2.54. The van der Waals surface area contributed by atoms with Crippen molar-refractivity contribution in [2.24, 2.45) is 0 Å². The molecule has 0 bridgehead atoms. The summed E-state index contributed by atoms with van der Waals surface area (Å²) in [6, 6.07) is 19.7. The van der Waals surface area contributed by atoms with E-state index in [2.05, 4.69) is 4.85 Å². The van der Waals surface area contributed by atoms with Crippen LogP contribution >= 0.6 is 0 Å². The predicted molar refractivity (Wildman–Crippen MR) is 91.7 cm³/mol. The number of rotatable bonds is 3. The maximum Gasteiger partial charge on any atom is 0.350 e. The molecule has 4 heteroatoms. The summed E-state index contributed by atoms with van der Waals surface area (Å²) >= 11 is 0. The Morgan fingerprint density at radius 1 is 0.913 bits per heavy atom. The van der Waals surface area contributed by atoms with E-state index in [-0.39, 0.29) is 4.90 Å². The SMILES string of the molecule is [C-]#[N+][C@@H](c1ccc2ccccc2c1)S(=O)(=O)c1ccc(C)cc1. The fourth-order valence-corrected chi connectivity index (χ4v) is 3.96. The lowest BCUT2D eigenvalue weighted by Gasteiger charge is -2.09. The molecule has 3 nitrogen and oxygen atoms in total. The minimum Gasteiger partial charge on any atom is -0.291 e. The first kappa shape index (κ1) is 15.3. The summed E-state index contributed by atoms with van der Waals surface area (Å²) in [5, 5.41) is 0.722. The van der Waals surface area contributed by atoms with Gasteiger partial charge in [-0.05, 0) is 42.0 Å². The van der Waals surface area contributed by atoms with Crippen LogP contribution in [-0.4, -0.2) is 8.42 Å². The van der Waals surface area contributed by atoms with Gasteiger partial charge < -0.3 is 0 Å². The number of fused-ring (bicyclic) bond motifs is 1. The molecule has 0 unspecified atom stereocenters. The Kier molecular flexibility index (Phi) is 3.89. The van der Waals surface area contributed by atoms with Gasteiger partial charge in [-0.2, -0.15) is 0 Å². The lowest BCUT2D eigenvalue weighted by atomic mass is 10.1. The van der Waals surface area contributed by atoms with Gasteiger partial charge in [-0.1, -0.05) is 48.0 Å². The Bertz CT molecular complexity index is 999. The quantitative estimate of drug-likeness (QED) is 0.664. The van der Waals surface area contributed by atoms with Gasteiger partial charge in [-0.3, -0.25) is 4.85 Å². The van der Waals surface area contributed by atoms with E-state index < -0.39 is 15.2 Å². The Labute approximate surface area is 135 Å². The Hall–Kier alpha value is -2.64. The largest absolute Gasteiger partial charge is 0.350 e. The standard InChI is InChI=1S/C19H15NO2S/c1-14-7-11-18(12-8-14)23(21,22)19(20-2)17-10-9-15-5-3-4-6-16(15)13-17/h3-13,19H,1H3/t19-/m1/s1. The van der Waals surface area contributed by atoms with Gasteiger partial charge in [-0.25, -0.2) is 15.0 Å². The summed E-state index contributed by atoms with van der Waals surface area (Å²) in [5.41, 5.74) is 1.48. The molecular formula is C19H15NO2S. The van der Waals surface area contributed by atoms with Crippen LogP contribution in [0, 0.1) is 13.5 Å². The van der Waals surface area contributed by atoms with Crippen LogP contribution in [0.5, 0.6) is 0 Å². The summed E-state index contributed by atoms with van der Waals surface area (Å²) in [4.78, 5) is 3.58. The summed E-state index contributed by atoms with van der Waals surface area (Å²) in [5.74, 6) is 0. The average Bonchev–Trinajstić information content (AvgIpc) is 2.55. The van der Waals surface area contributed by atoms with Crippen LogP contribution < -0.4 is 0 Å². The smallest absolute Gasteiger partial charge is 0.291 e. The first-order valence-corrected chi connectivity index (χ1v) is 8.73. The van der Waals surface area contributed by atoms with Crippen molar-refractivity contribution in [2.45, 2.75) is 17.2 Å². The number of sulfone groups is 1. The summed E-state index contributed by atoms with van der Waals surface area (Å²) < 4.78 is 25.6. The molecule has 0 fully saturated rings. The second-order valence-electron chi connectivity index (χ2n) is 5.45. The van der Waals surface area contributed by atoms with Crippen LogP contribution in [0.15, 0.2) is 71.6 Å². The molecule has 3 aromatic rings. The third-order valence-corrected chi connectivity index (χ3v) is 5.71. The van der Waals surface area contributed by atoms with Crippen molar-refractivity contribution in [1.29, 1.82) is 0 Å². The van der Waals surface area contributed by atoms with Crippen LogP contribution in [-0.2, 0) is 9.84 Å². The van der Waals surface area contributed by atoms with Gasteiger partial charge in [0, 0.05) is 0 Å². The number of benzene rings is 3.